The molecule has 1 atom stereocenters. The lowest BCUT2D eigenvalue weighted by Gasteiger charge is -2.33. The Morgan fingerprint density at radius 2 is 0.932 bits per heavy atom. The summed E-state index contributed by atoms with van der Waals surface area (Å²) in [6.45, 7) is 8.83. The molecule has 44 heavy (non-hydrogen) atoms. The van der Waals surface area contributed by atoms with Crippen LogP contribution in [0.3, 0.4) is 0 Å². The Bertz CT molecular complexity index is 641. The standard InChI is InChI=1S/C41H80N2O/c1-6-9-12-14-16-18-19-20-21-22-23-24-25-26-27-28-30-32-36-40(35-11-8-3)43(39-34-38-42(4)5)41(44)37-33-31-29-17-15-13-10-7-2/h14,16,20-21,40H,6-13,15,17-19,22-39H2,1-5H3/b16-14-,21-20-. The van der Waals surface area contributed by atoms with Crippen molar-refractivity contribution in [2.45, 2.75) is 207 Å². The van der Waals surface area contributed by atoms with Gasteiger partial charge in [-0.15, -0.1) is 0 Å². The fourth-order valence-electron chi connectivity index (χ4n) is 6.21. The van der Waals surface area contributed by atoms with Crippen molar-refractivity contribution in [3.8, 4) is 0 Å². The molecule has 0 saturated heterocycles. The van der Waals surface area contributed by atoms with Crippen LogP contribution >= 0.6 is 0 Å². The first-order valence-electron chi connectivity index (χ1n) is 19.8. The van der Waals surface area contributed by atoms with Gasteiger partial charge < -0.3 is 9.80 Å². The van der Waals surface area contributed by atoms with Crippen LogP contribution in [-0.2, 0) is 4.79 Å². The monoisotopic (exact) mass is 617 g/mol. The second-order valence-corrected chi connectivity index (χ2v) is 13.8. The van der Waals surface area contributed by atoms with E-state index in [1.54, 1.807) is 0 Å². The summed E-state index contributed by atoms with van der Waals surface area (Å²) in [5, 5.41) is 0. The highest BCUT2D eigenvalue weighted by Gasteiger charge is 2.22. The van der Waals surface area contributed by atoms with Crippen LogP contribution < -0.4 is 0 Å². The Hall–Kier alpha value is -1.09. The molecule has 0 radical (unpaired) electrons. The number of amides is 1. The van der Waals surface area contributed by atoms with Crippen LogP contribution in [0.4, 0.5) is 0 Å². The third-order valence-electron chi connectivity index (χ3n) is 9.12. The Morgan fingerprint density at radius 1 is 0.477 bits per heavy atom. The van der Waals surface area contributed by atoms with Crippen molar-refractivity contribution in [3.05, 3.63) is 24.3 Å². The van der Waals surface area contributed by atoms with Gasteiger partial charge in [0, 0.05) is 19.0 Å². The summed E-state index contributed by atoms with van der Waals surface area (Å²) in [7, 11) is 4.29. The number of rotatable bonds is 34. The molecule has 0 spiro atoms. The molecule has 0 aromatic heterocycles. The van der Waals surface area contributed by atoms with E-state index in [1.807, 2.05) is 0 Å². The first kappa shape index (κ1) is 42.9. The third kappa shape index (κ3) is 29.6. The van der Waals surface area contributed by atoms with E-state index in [2.05, 4.69) is 69.0 Å². The Morgan fingerprint density at radius 3 is 1.50 bits per heavy atom. The molecule has 0 heterocycles. The van der Waals surface area contributed by atoms with Crippen LogP contribution in [0.5, 0.6) is 0 Å². The molecule has 0 aromatic carbocycles. The molecule has 0 rings (SSSR count). The minimum absolute atomic E-state index is 0.435. The van der Waals surface area contributed by atoms with Gasteiger partial charge in [-0.05, 0) is 78.4 Å². The van der Waals surface area contributed by atoms with Crippen molar-refractivity contribution in [3.63, 3.8) is 0 Å². The van der Waals surface area contributed by atoms with E-state index in [-0.39, 0.29) is 0 Å². The van der Waals surface area contributed by atoms with Gasteiger partial charge in [0.2, 0.25) is 5.91 Å². The Balaban J connectivity index is 4.29. The second kappa shape index (κ2) is 34.8. The van der Waals surface area contributed by atoms with Gasteiger partial charge in [0.05, 0.1) is 0 Å². The predicted octanol–water partition coefficient (Wildman–Crippen LogP) is 12.8. The number of nitrogens with zero attached hydrogens (tertiary/aromatic N) is 2. The molecule has 3 nitrogen and oxygen atoms in total. The molecule has 3 heteroatoms. The highest BCUT2D eigenvalue weighted by Crippen LogP contribution is 2.21. The molecule has 0 N–H and O–H groups in total. The molecule has 0 aliphatic heterocycles. The fourth-order valence-corrected chi connectivity index (χ4v) is 6.21. The smallest absolute Gasteiger partial charge is 0.222 e. The van der Waals surface area contributed by atoms with Crippen LogP contribution in [-0.4, -0.2) is 48.9 Å². The van der Waals surface area contributed by atoms with Gasteiger partial charge in [-0.25, -0.2) is 0 Å². The Kier molecular flexibility index (Phi) is 33.9. The molecule has 0 aromatic rings. The molecule has 0 aliphatic rings. The first-order valence-corrected chi connectivity index (χ1v) is 19.8. The zero-order valence-corrected chi connectivity index (χ0v) is 30.9. The zero-order chi connectivity index (χ0) is 32.4. The molecule has 0 bridgehead atoms. The van der Waals surface area contributed by atoms with Crippen molar-refractivity contribution in [1.82, 2.24) is 9.80 Å². The van der Waals surface area contributed by atoms with Gasteiger partial charge in [0.15, 0.2) is 0 Å². The summed E-state index contributed by atoms with van der Waals surface area (Å²) in [5.74, 6) is 0.435. The first-order chi connectivity index (χ1) is 21.6. The van der Waals surface area contributed by atoms with Gasteiger partial charge >= 0.3 is 0 Å². The Labute approximate surface area is 278 Å². The van der Waals surface area contributed by atoms with E-state index in [0.29, 0.717) is 11.9 Å². The van der Waals surface area contributed by atoms with E-state index >= 15 is 0 Å². The van der Waals surface area contributed by atoms with Gasteiger partial charge in [-0.1, -0.05) is 161 Å². The van der Waals surface area contributed by atoms with E-state index in [1.165, 1.54) is 161 Å². The van der Waals surface area contributed by atoms with E-state index in [9.17, 15) is 4.79 Å². The molecule has 260 valence electrons. The van der Waals surface area contributed by atoms with Gasteiger partial charge in [0.25, 0.3) is 0 Å². The van der Waals surface area contributed by atoms with Gasteiger partial charge in [-0.2, -0.15) is 0 Å². The summed E-state index contributed by atoms with van der Waals surface area (Å²) in [6.07, 6.45) is 44.9. The van der Waals surface area contributed by atoms with Crippen LogP contribution in [0.2, 0.25) is 0 Å². The van der Waals surface area contributed by atoms with Crippen molar-refractivity contribution in [2.24, 2.45) is 0 Å². The molecule has 1 unspecified atom stereocenters. The quantitative estimate of drug-likeness (QED) is 0.0530. The molecular formula is C41H80N2O. The highest BCUT2D eigenvalue weighted by atomic mass is 16.2. The van der Waals surface area contributed by atoms with E-state index < -0.39 is 0 Å². The van der Waals surface area contributed by atoms with Crippen molar-refractivity contribution < 1.29 is 4.79 Å². The number of carbonyl (C=O) groups excluding carboxylic acids is 1. The average Bonchev–Trinajstić information content (AvgIpc) is 3.01. The molecule has 0 fully saturated rings. The minimum atomic E-state index is 0.435. The summed E-state index contributed by atoms with van der Waals surface area (Å²) in [4.78, 5) is 18.1. The van der Waals surface area contributed by atoms with Crippen LogP contribution in [0, 0.1) is 0 Å². The van der Waals surface area contributed by atoms with Crippen molar-refractivity contribution in [2.75, 3.05) is 27.2 Å². The summed E-state index contributed by atoms with van der Waals surface area (Å²) >= 11 is 0. The van der Waals surface area contributed by atoms with Crippen LogP contribution in [0.25, 0.3) is 0 Å². The highest BCUT2D eigenvalue weighted by molar-refractivity contribution is 5.76. The third-order valence-corrected chi connectivity index (χ3v) is 9.12. The largest absolute Gasteiger partial charge is 0.340 e. The summed E-state index contributed by atoms with van der Waals surface area (Å²) in [5.41, 5.74) is 0. The molecule has 0 saturated carbocycles. The van der Waals surface area contributed by atoms with Gasteiger partial charge in [-0.3, -0.25) is 4.79 Å². The van der Waals surface area contributed by atoms with E-state index in [0.717, 1.165) is 32.4 Å². The number of hydrogen-bond donors (Lipinski definition) is 0. The van der Waals surface area contributed by atoms with Crippen LogP contribution in [0.1, 0.15) is 201 Å². The maximum Gasteiger partial charge on any atom is 0.222 e. The number of carbonyl (C=O) groups is 1. The average molecular weight is 617 g/mol. The lowest BCUT2D eigenvalue weighted by Crippen LogP contribution is -2.41. The number of unbranched alkanes of at least 4 members (excludes halogenated alkanes) is 19. The normalized spacial score (nSPS) is 12.7. The van der Waals surface area contributed by atoms with Crippen molar-refractivity contribution in [1.29, 1.82) is 0 Å². The summed E-state index contributed by atoms with van der Waals surface area (Å²) < 4.78 is 0. The fraction of sp³-hybridized carbons (Fsp3) is 0.878. The molecule has 1 amide bonds. The second-order valence-electron chi connectivity index (χ2n) is 13.8. The predicted molar refractivity (Wildman–Crippen MR) is 199 cm³/mol. The number of hydrogen-bond acceptors (Lipinski definition) is 2. The maximum absolute atomic E-state index is 13.5. The SMILES string of the molecule is CCCC/C=C\CC/C=C\CCCCCCCCCCC(CCCC)N(CCCN(C)C)C(=O)CCCCCCCCCC. The molecular weight excluding hydrogens is 536 g/mol. The van der Waals surface area contributed by atoms with E-state index in [4.69, 9.17) is 0 Å². The summed E-state index contributed by atoms with van der Waals surface area (Å²) in [6, 6.07) is 0.448. The minimum Gasteiger partial charge on any atom is -0.340 e. The molecule has 0 aliphatic carbocycles. The maximum atomic E-state index is 13.5. The number of allylic oxidation sites excluding steroid dienone is 4. The lowest BCUT2D eigenvalue weighted by molar-refractivity contribution is -0.134. The zero-order valence-electron chi connectivity index (χ0n) is 30.9. The lowest BCUT2D eigenvalue weighted by atomic mass is 9.98. The van der Waals surface area contributed by atoms with Crippen LogP contribution in [0.15, 0.2) is 24.3 Å². The topological polar surface area (TPSA) is 23.6 Å². The van der Waals surface area contributed by atoms with Crippen molar-refractivity contribution >= 4 is 5.91 Å². The van der Waals surface area contributed by atoms with Gasteiger partial charge in [0.1, 0.15) is 0 Å².